The number of carbonyl (C=O) groups excluding carboxylic acids is 2. The minimum atomic E-state index is -0.969. The Morgan fingerprint density at radius 3 is 2.38 bits per heavy atom. The molecule has 0 aromatic heterocycles. The molecule has 2 amide bonds. The molecule has 1 aliphatic carbocycles. The molecule has 0 bridgehead atoms. The number of hydrogen-bond donors (Lipinski definition) is 2. The van der Waals surface area contributed by atoms with Crippen molar-refractivity contribution in [3.05, 3.63) is 35.9 Å². The summed E-state index contributed by atoms with van der Waals surface area (Å²) in [6.07, 6.45) is 5.60. The van der Waals surface area contributed by atoms with Crippen LogP contribution in [0, 0.1) is 5.92 Å². The highest BCUT2D eigenvalue weighted by Crippen LogP contribution is 2.31. The van der Waals surface area contributed by atoms with Crippen molar-refractivity contribution < 1.29 is 9.59 Å². The maximum absolute atomic E-state index is 12.6. The van der Waals surface area contributed by atoms with E-state index in [0.717, 1.165) is 31.2 Å². The normalized spacial score (nSPS) is 30.6. The zero-order chi connectivity index (χ0) is 14.9. The van der Waals surface area contributed by atoms with Crippen molar-refractivity contribution in [2.24, 2.45) is 5.92 Å². The molecule has 2 unspecified atom stereocenters. The van der Waals surface area contributed by atoms with Crippen molar-refractivity contribution in [3.63, 3.8) is 0 Å². The summed E-state index contributed by atoms with van der Waals surface area (Å²) in [5.74, 6) is 0.125. The van der Waals surface area contributed by atoms with Gasteiger partial charge in [-0.05, 0) is 31.2 Å². The molecule has 2 atom stereocenters. The molecule has 0 spiro atoms. The minimum absolute atomic E-state index is 0.0483. The van der Waals surface area contributed by atoms with E-state index in [0.29, 0.717) is 0 Å². The first-order valence-corrected chi connectivity index (χ1v) is 7.80. The summed E-state index contributed by atoms with van der Waals surface area (Å²) in [4.78, 5) is 25.1. The van der Waals surface area contributed by atoms with Gasteiger partial charge < -0.3 is 10.6 Å². The second-order valence-electron chi connectivity index (χ2n) is 6.33. The van der Waals surface area contributed by atoms with Gasteiger partial charge in [0.15, 0.2) is 0 Å². The summed E-state index contributed by atoms with van der Waals surface area (Å²) in [6.45, 7) is 1.77. The van der Waals surface area contributed by atoms with Crippen LogP contribution in [0.3, 0.4) is 0 Å². The molecule has 1 saturated carbocycles. The highest BCUT2D eigenvalue weighted by molar-refractivity contribution is 6.00. The fourth-order valence-electron chi connectivity index (χ4n) is 3.51. The largest absolute Gasteiger partial charge is 0.342 e. The summed E-state index contributed by atoms with van der Waals surface area (Å²) in [5.41, 5.74) is -0.151. The third-order valence-corrected chi connectivity index (χ3v) is 4.87. The molecular formula is C17H22N2O2. The number of hydrogen-bond acceptors (Lipinski definition) is 2. The molecule has 2 N–H and O–H groups in total. The van der Waals surface area contributed by atoms with E-state index in [1.54, 1.807) is 6.92 Å². The maximum atomic E-state index is 12.6. The molecule has 2 aliphatic rings. The Morgan fingerprint density at radius 2 is 1.71 bits per heavy atom. The summed E-state index contributed by atoms with van der Waals surface area (Å²) < 4.78 is 0. The molecule has 112 valence electrons. The van der Waals surface area contributed by atoms with Crippen LogP contribution in [0.1, 0.15) is 44.6 Å². The summed E-state index contributed by atoms with van der Waals surface area (Å²) in [5, 5.41) is 5.93. The Labute approximate surface area is 125 Å². The van der Waals surface area contributed by atoms with Crippen LogP contribution in [-0.4, -0.2) is 17.9 Å². The summed E-state index contributed by atoms with van der Waals surface area (Å²) in [7, 11) is 0. The monoisotopic (exact) mass is 286 g/mol. The third-order valence-electron chi connectivity index (χ3n) is 4.87. The van der Waals surface area contributed by atoms with Gasteiger partial charge in [-0.1, -0.05) is 49.6 Å². The quantitative estimate of drug-likeness (QED) is 0.874. The lowest BCUT2D eigenvalue weighted by Gasteiger charge is -2.41. The van der Waals surface area contributed by atoms with Crippen LogP contribution < -0.4 is 10.6 Å². The number of rotatable bonds is 2. The van der Waals surface area contributed by atoms with Gasteiger partial charge in [0.25, 0.3) is 5.91 Å². The van der Waals surface area contributed by atoms with Crippen LogP contribution in [0.5, 0.6) is 0 Å². The number of nitrogens with one attached hydrogen (secondary N) is 2. The molecule has 1 heterocycles. The van der Waals surface area contributed by atoms with Gasteiger partial charge in [0.05, 0.1) is 0 Å². The molecule has 4 heteroatoms. The predicted molar refractivity (Wildman–Crippen MR) is 80.4 cm³/mol. The van der Waals surface area contributed by atoms with Crippen molar-refractivity contribution in [2.45, 2.75) is 50.6 Å². The average molecular weight is 286 g/mol. The van der Waals surface area contributed by atoms with Crippen molar-refractivity contribution in [1.82, 2.24) is 10.6 Å². The van der Waals surface area contributed by atoms with E-state index in [-0.39, 0.29) is 23.8 Å². The number of benzene rings is 1. The first-order chi connectivity index (χ1) is 10.1. The molecule has 21 heavy (non-hydrogen) atoms. The van der Waals surface area contributed by atoms with Crippen LogP contribution in [0.4, 0.5) is 0 Å². The van der Waals surface area contributed by atoms with Crippen molar-refractivity contribution in [3.8, 4) is 0 Å². The standard InChI is InChI=1S/C17H22N2O2/c1-17(13-10-6-3-7-11-13)16(21)18-14(15(20)19-17)12-8-4-2-5-9-12/h3,6-7,10-12,14H,2,4-5,8-9H2,1H3,(H,18,21)(H,19,20). The second kappa shape index (κ2) is 5.51. The maximum Gasteiger partial charge on any atom is 0.250 e. The first-order valence-electron chi connectivity index (χ1n) is 7.80. The zero-order valence-corrected chi connectivity index (χ0v) is 12.4. The van der Waals surface area contributed by atoms with Crippen molar-refractivity contribution in [2.75, 3.05) is 0 Å². The van der Waals surface area contributed by atoms with Gasteiger partial charge in [-0.15, -0.1) is 0 Å². The minimum Gasteiger partial charge on any atom is -0.342 e. The highest BCUT2D eigenvalue weighted by atomic mass is 16.2. The first kappa shape index (κ1) is 14.1. The third kappa shape index (κ3) is 2.55. The number of carbonyl (C=O) groups is 2. The van der Waals surface area contributed by atoms with Crippen LogP contribution in [0.25, 0.3) is 0 Å². The molecule has 2 fully saturated rings. The smallest absolute Gasteiger partial charge is 0.250 e. The topological polar surface area (TPSA) is 58.2 Å². The number of amides is 2. The lowest BCUT2D eigenvalue weighted by atomic mass is 9.80. The number of piperazine rings is 1. The lowest BCUT2D eigenvalue weighted by molar-refractivity contribution is -0.143. The van der Waals surface area contributed by atoms with E-state index in [1.165, 1.54) is 6.42 Å². The van der Waals surface area contributed by atoms with E-state index in [1.807, 2.05) is 30.3 Å². The van der Waals surface area contributed by atoms with Gasteiger partial charge in [0.1, 0.15) is 11.6 Å². The Hall–Kier alpha value is -1.84. The zero-order valence-electron chi connectivity index (χ0n) is 12.4. The molecule has 1 aromatic rings. The Balaban J connectivity index is 1.81. The van der Waals surface area contributed by atoms with Gasteiger partial charge in [-0.2, -0.15) is 0 Å². The fourth-order valence-corrected chi connectivity index (χ4v) is 3.51. The lowest BCUT2D eigenvalue weighted by Crippen LogP contribution is -2.68. The van der Waals surface area contributed by atoms with E-state index in [4.69, 9.17) is 0 Å². The molecule has 1 saturated heterocycles. The Morgan fingerprint density at radius 1 is 1.05 bits per heavy atom. The second-order valence-corrected chi connectivity index (χ2v) is 6.33. The summed E-state index contributed by atoms with van der Waals surface area (Å²) >= 11 is 0. The molecule has 1 aromatic carbocycles. The predicted octanol–water partition coefficient (Wildman–Crippen LogP) is 2.10. The average Bonchev–Trinajstić information content (AvgIpc) is 2.52. The van der Waals surface area contributed by atoms with Crippen LogP contribution in [0.15, 0.2) is 30.3 Å². The molecule has 3 rings (SSSR count). The van der Waals surface area contributed by atoms with Gasteiger partial charge in [-0.25, -0.2) is 0 Å². The van der Waals surface area contributed by atoms with Gasteiger partial charge in [-0.3, -0.25) is 9.59 Å². The van der Waals surface area contributed by atoms with Crippen LogP contribution in [-0.2, 0) is 15.1 Å². The Bertz CT molecular complexity index is 537. The van der Waals surface area contributed by atoms with Crippen LogP contribution >= 0.6 is 0 Å². The molecule has 1 aliphatic heterocycles. The van der Waals surface area contributed by atoms with Crippen molar-refractivity contribution >= 4 is 11.8 Å². The van der Waals surface area contributed by atoms with Gasteiger partial charge >= 0.3 is 0 Å². The van der Waals surface area contributed by atoms with Crippen molar-refractivity contribution in [1.29, 1.82) is 0 Å². The highest BCUT2D eigenvalue weighted by Gasteiger charge is 2.46. The van der Waals surface area contributed by atoms with Crippen LogP contribution in [0.2, 0.25) is 0 Å². The fraction of sp³-hybridized carbons (Fsp3) is 0.529. The van der Waals surface area contributed by atoms with E-state index < -0.39 is 5.54 Å². The Kier molecular flexibility index (Phi) is 3.70. The SMILES string of the molecule is CC1(c2ccccc2)NC(=O)C(C2CCCCC2)NC1=O. The molecule has 0 radical (unpaired) electrons. The van der Waals surface area contributed by atoms with E-state index >= 15 is 0 Å². The van der Waals surface area contributed by atoms with E-state index in [2.05, 4.69) is 10.6 Å². The van der Waals surface area contributed by atoms with E-state index in [9.17, 15) is 9.59 Å². The molecule has 4 nitrogen and oxygen atoms in total. The van der Waals surface area contributed by atoms with Gasteiger partial charge in [0.2, 0.25) is 5.91 Å². The van der Waals surface area contributed by atoms with Gasteiger partial charge in [0, 0.05) is 0 Å². The summed E-state index contributed by atoms with van der Waals surface area (Å²) in [6, 6.07) is 9.05. The molecular weight excluding hydrogens is 264 g/mol.